The molecule has 0 heterocycles. The summed E-state index contributed by atoms with van der Waals surface area (Å²) in [6, 6.07) is 0. The van der Waals surface area contributed by atoms with Crippen LogP contribution >= 0.6 is 0 Å². The maximum Gasteiger partial charge on any atom is 3.00 e. The Bertz CT molecular complexity index is 129. The summed E-state index contributed by atoms with van der Waals surface area (Å²) < 4.78 is 0. The van der Waals surface area contributed by atoms with Crippen molar-refractivity contribution in [2.24, 2.45) is 0 Å². The predicted octanol–water partition coefficient (Wildman–Crippen LogP) is -4.27. The van der Waals surface area contributed by atoms with Gasteiger partial charge in [-0.15, -0.1) is 0 Å². The molecule has 0 aromatic rings. The molecule has 0 atom stereocenters. The van der Waals surface area contributed by atoms with Crippen LogP contribution in [0.25, 0.3) is 0 Å². The number of carbonyl (C=O) groups excluding carboxylic acids is 3. The van der Waals surface area contributed by atoms with Gasteiger partial charge in [0.2, 0.25) is 0 Å². The van der Waals surface area contributed by atoms with Gasteiger partial charge in [-0.05, 0) is 20.8 Å². The van der Waals surface area contributed by atoms with E-state index in [9.17, 15) is 0 Å². The Morgan fingerprint density at radius 1 is 0.786 bits per heavy atom. The van der Waals surface area contributed by atoms with Crippen molar-refractivity contribution in [3.63, 3.8) is 0 Å². The largest absolute Gasteiger partial charge is 3.00 e. The first-order valence-electron chi connectivity index (χ1n) is 2.72. The molecule has 0 aromatic carbocycles. The SMILES string of the molecule is CC(=O)[O-].CC(=O)[O-].CC(=O)[O-].[Al+3].[H-].[H-].[Mg+2]. The van der Waals surface area contributed by atoms with Crippen LogP contribution in [-0.4, -0.2) is 58.3 Å². The number of aliphatic carboxylic acids is 3. The van der Waals surface area contributed by atoms with Crippen LogP contribution in [0.5, 0.6) is 0 Å². The summed E-state index contributed by atoms with van der Waals surface area (Å²) in [6.45, 7) is 2.92. The Balaban J connectivity index is -0.0000000135. The molecule has 8 heteroatoms. The molecule has 0 N–H and O–H groups in total. The van der Waals surface area contributed by atoms with Crippen molar-refractivity contribution >= 4 is 58.3 Å². The molecule has 0 rings (SSSR count). The minimum atomic E-state index is -1.08. The van der Waals surface area contributed by atoms with Crippen LogP contribution in [0.2, 0.25) is 0 Å². The van der Waals surface area contributed by atoms with Gasteiger partial charge in [-0.2, -0.15) is 0 Å². The van der Waals surface area contributed by atoms with Gasteiger partial charge in [0.05, 0.1) is 0 Å². The van der Waals surface area contributed by atoms with E-state index < -0.39 is 17.9 Å². The van der Waals surface area contributed by atoms with Gasteiger partial charge in [-0.3, -0.25) is 0 Å². The van der Waals surface area contributed by atoms with Crippen molar-refractivity contribution in [1.29, 1.82) is 0 Å². The minimum Gasteiger partial charge on any atom is -1.00 e. The van der Waals surface area contributed by atoms with Gasteiger partial charge in [0.1, 0.15) is 0 Å². The summed E-state index contributed by atoms with van der Waals surface area (Å²) in [5.41, 5.74) is 0. The zero-order valence-electron chi connectivity index (χ0n) is 10.2. The molecule has 0 aliphatic carbocycles. The number of carbonyl (C=O) groups is 3. The Morgan fingerprint density at radius 2 is 0.786 bits per heavy atom. The van der Waals surface area contributed by atoms with Gasteiger partial charge < -0.3 is 32.6 Å². The minimum absolute atomic E-state index is 0. The molecule has 0 aromatic heterocycles. The summed E-state index contributed by atoms with van der Waals surface area (Å²) in [7, 11) is 0. The second-order valence-corrected chi connectivity index (χ2v) is 1.47. The molecule has 0 spiro atoms. The summed E-state index contributed by atoms with van der Waals surface area (Å²) in [4.78, 5) is 26.7. The topological polar surface area (TPSA) is 120 Å². The molecule has 0 amide bonds. The number of rotatable bonds is 0. The van der Waals surface area contributed by atoms with Crippen molar-refractivity contribution in [1.82, 2.24) is 0 Å². The van der Waals surface area contributed by atoms with E-state index in [4.69, 9.17) is 29.7 Å². The Kier molecular flexibility index (Phi) is 47.9. The van der Waals surface area contributed by atoms with E-state index in [1.807, 2.05) is 0 Å². The van der Waals surface area contributed by atoms with Crippen molar-refractivity contribution in [2.45, 2.75) is 20.8 Å². The van der Waals surface area contributed by atoms with Crippen molar-refractivity contribution in [3.8, 4) is 0 Å². The molecule has 0 aliphatic rings. The molecule has 0 aliphatic heterocycles. The second kappa shape index (κ2) is 23.0. The Labute approximate surface area is 112 Å². The van der Waals surface area contributed by atoms with Gasteiger partial charge in [0.15, 0.2) is 0 Å². The number of hydrogen-bond donors (Lipinski definition) is 0. The fraction of sp³-hybridized carbons (Fsp3) is 0.500. The molecule has 0 radical (unpaired) electrons. The van der Waals surface area contributed by atoms with Crippen LogP contribution in [0.3, 0.4) is 0 Å². The van der Waals surface area contributed by atoms with Gasteiger partial charge >= 0.3 is 40.4 Å². The van der Waals surface area contributed by atoms with Crippen molar-refractivity contribution in [2.75, 3.05) is 0 Å². The molecular formula is C6H11AlMgO6. The molecule has 0 fully saturated rings. The maximum absolute atomic E-state index is 8.89. The van der Waals surface area contributed by atoms with E-state index in [0.717, 1.165) is 20.8 Å². The standard InChI is InChI=1S/3C2H4O2.Al.Mg.2H/c3*1-2(3)4;;;;/h3*1H3,(H,3,4);;;;/q;;;+3;+2;2*-1/p-3. The molecule has 0 bridgehead atoms. The summed E-state index contributed by atoms with van der Waals surface area (Å²) in [6.07, 6.45) is 0. The normalized spacial score (nSPS) is 5.36. The first kappa shape index (κ1) is 29.2. The molecule has 0 unspecified atom stereocenters. The third-order valence-corrected chi connectivity index (χ3v) is 0. The third-order valence-electron chi connectivity index (χ3n) is 0. The zero-order valence-corrected chi connectivity index (χ0v) is 10.8. The summed E-state index contributed by atoms with van der Waals surface area (Å²) in [5, 5.41) is 26.7. The quantitative estimate of drug-likeness (QED) is 0.388. The van der Waals surface area contributed by atoms with Crippen LogP contribution in [0.4, 0.5) is 0 Å². The molecule has 6 nitrogen and oxygen atoms in total. The van der Waals surface area contributed by atoms with Crippen LogP contribution in [0.15, 0.2) is 0 Å². The van der Waals surface area contributed by atoms with Gasteiger partial charge in [0.25, 0.3) is 0 Å². The van der Waals surface area contributed by atoms with Gasteiger partial charge in [-0.1, -0.05) is 0 Å². The third kappa shape index (κ3) is 15800. The summed E-state index contributed by atoms with van der Waals surface area (Å²) >= 11 is 0. The first-order valence-corrected chi connectivity index (χ1v) is 2.72. The average Bonchev–Trinajstić information content (AvgIpc) is 1.54. The molecular weight excluding hydrogens is 219 g/mol. The zero-order chi connectivity index (χ0) is 10.7. The Hall–Kier alpha value is -0.291. The van der Waals surface area contributed by atoms with E-state index in [2.05, 4.69) is 0 Å². The van der Waals surface area contributed by atoms with Crippen LogP contribution in [0.1, 0.15) is 23.6 Å². The van der Waals surface area contributed by atoms with Crippen LogP contribution in [0, 0.1) is 0 Å². The smallest absolute Gasteiger partial charge is 1.00 e. The van der Waals surface area contributed by atoms with Crippen LogP contribution in [-0.2, 0) is 14.4 Å². The monoisotopic (exact) mass is 230 g/mol. The van der Waals surface area contributed by atoms with E-state index >= 15 is 0 Å². The number of hydrogen-bond acceptors (Lipinski definition) is 6. The van der Waals surface area contributed by atoms with Gasteiger partial charge in [-0.25, -0.2) is 0 Å². The maximum atomic E-state index is 8.89. The van der Waals surface area contributed by atoms with Crippen molar-refractivity contribution < 1.29 is 32.6 Å². The molecule has 76 valence electrons. The van der Waals surface area contributed by atoms with Crippen molar-refractivity contribution in [3.05, 3.63) is 0 Å². The summed E-state index contributed by atoms with van der Waals surface area (Å²) in [5.74, 6) is -3.25. The number of carboxylic acids is 3. The molecule has 14 heavy (non-hydrogen) atoms. The van der Waals surface area contributed by atoms with Crippen LogP contribution < -0.4 is 15.3 Å². The molecule has 0 saturated carbocycles. The van der Waals surface area contributed by atoms with E-state index in [1.54, 1.807) is 0 Å². The Morgan fingerprint density at radius 3 is 0.786 bits per heavy atom. The average molecular weight is 230 g/mol. The van der Waals surface area contributed by atoms with Gasteiger partial charge in [0, 0.05) is 17.9 Å². The van der Waals surface area contributed by atoms with E-state index in [-0.39, 0.29) is 43.3 Å². The fourth-order valence-electron chi connectivity index (χ4n) is 0. The second-order valence-electron chi connectivity index (χ2n) is 1.47. The number of carboxylic acid groups (broad SMARTS) is 3. The predicted molar refractivity (Wildman–Crippen MR) is 45.8 cm³/mol. The van der Waals surface area contributed by atoms with E-state index in [1.165, 1.54) is 0 Å². The fourth-order valence-corrected chi connectivity index (χ4v) is 0. The van der Waals surface area contributed by atoms with E-state index in [0.29, 0.717) is 0 Å². The molecule has 0 saturated heterocycles. The first-order chi connectivity index (χ1) is 5.20.